The molecule has 0 saturated heterocycles. The third kappa shape index (κ3) is 11.5. The maximum Gasteiger partial charge on any atom is 0.161 e. The molecular formula is C24H40O2. The Morgan fingerprint density at radius 1 is 0.808 bits per heavy atom. The molecule has 0 aliphatic carbocycles. The molecule has 2 heteroatoms. The van der Waals surface area contributed by atoms with Crippen LogP contribution in [-0.4, -0.2) is 17.5 Å². The van der Waals surface area contributed by atoms with E-state index in [0.717, 1.165) is 19.3 Å². The molecule has 2 nitrogen and oxygen atoms in total. The summed E-state index contributed by atoms with van der Waals surface area (Å²) in [6, 6.07) is 10.8. The van der Waals surface area contributed by atoms with Crippen LogP contribution in [0.25, 0.3) is 0 Å². The minimum Gasteiger partial charge on any atom is -0.389 e. The average Bonchev–Trinajstić information content (AvgIpc) is 2.68. The predicted molar refractivity (Wildman–Crippen MR) is 111 cm³/mol. The molecule has 0 spiro atoms. The lowest BCUT2D eigenvalue weighted by Gasteiger charge is -2.11. The van der Waals surface area contributed by atoms with Crippen molar-refractivity contribution in [3.63, 3.8) is 0 Å². The molecule has 1 N–H and O–H groups in total. The summed E-state index contributed by atoms with van der Waals surface area (Å²) in [5.41, 5.74) is 1.47. The van der Waals surface area contributed by atoms with E-state index < -0.39 is 0 Å². The van der Waals surface area contributed by atoms with Crippen LogP contribution in [0.2, 0.25) is 0 Å². The Balaban J connectivity index is 1.81. The van der Waals surface area contributed by atoms with Crippen molar-refractivity contribution in [3.05, 3.63) is 35.9 Å². The highest BCUT2D eigenvalue weighted by atomic mass is 16.3. The number of aliphatic hydroxyl groups excluding tert-OH is 1. The Labute approximate surface area is 161 Å². The highest BCUT2D eigenvalue weighted by molar-refractivity contribution is 5.81. The largest absolute Gasteiger partial charge is 0.389 e. The van der Waals surface area contributed by atoms with E-state index in [0.29, 0.717) is 0 Å². The summed E-state index contributed by atoms with van der Waals surface area (Å²) in [4.78, 5) is 11.5. The number of rotatable bonds is 17. The van der Waals surface area contributed by atoms with E-state index in [1.807, 2.05) is 6.92 Å². The lowest BCUT2D eigenvalue weighted by Crippen LogP contribution is -2.17. The number of hydrogen-bond acceptors (Lipinski definition) is 2. The normalized spacial score (nSPS) is 12.2. The van der Waals surface area contributed by atoms with Crippen LogP contribution in [0, 0.1) is 5.92 Å². The van der Waals surface area contributed by atoms with E-state index in [1.165, 1.54) is 76.2 Å². The van der Waals surface area contributed by atoms with Crippen molar-refractivity contribution in [2.75, 3.05) is 6.61 Å². The number of unbranched alkanes of at least 4 members (excludes halogenated alkanes) is 10. The Morgan fingerprint density at radius 3 is 1.81 bits per heavy atom. The van der Waals surface area contributed by atoms with Gasteiger partial charge >= 0.3 is 0 Å². The number of benzene rings is 1. The molecule has 148 valence electrons. The van der Waals surface area contributed by atoms with Crippen molar-refractivity contribution in [1.29, 1.82) is 0 Å². The number of carbonyl (C=O) groups excluding carboxylic acids is 1. The van der Waals surface area contributed by atoms with Crippen molar-refractivity contribution >= 4 is 5.78 Å². The lowest BCUT2D eigenvalue weighted by molar-refractivity contribution is -0.126. The highest BCUT2D eigenvalue weighted by Gasteiger charge is 2.14. The van der Waals surface area contributed by atoms with Crippen molar-refractivity contribution in [3.8, 4) is 0 Å². The minimum atomic E-state index is -0.287. The first kappa shape index (κ1) is 22.9. The summed E-state index contributed by atoms with van der Waals surface area (Å²) in [7, 11) is 0. The van der Waals surface area contributed by atoms with Gasteiger partial charge in [-0.2, -0.15) is 0 Å². The van der Waals surface area contributed by atoms with Gasteiger partial charge in [0.15, 0.2) is 5.78 Å². The summed E-state index contributed by atoms with van der Waals surface area (Å²) >= 11 is 0. The minimum absolute atomic E-state index is 0.0243. The maximum absolute atomic E-state index is 11.5. The van der Waals surface area contributed by atoms with Gasteiger partial charge < -0.3 is 5.11 Å². The van der Waals surface area contributed by atoms with Crippen LogP contribution in [0.4, 0.5) is 0 Å². The van der Waals surface area contributed by atoms with Crippen molar-refractivity contribution in [1.82, 2.24) is 0 Å². The molecule has 1 aromatic rings. The second kappa shape index (κ2) is 16.1. The number of hydrogen-bond donors (Lipinski definition) is 1. The molecule has 0 aromatic heterocycles. The van der Waals surface area contributed by atoms with Gasteiger partial charge in [-0.3, -0.25) is 4.79 Å². The van der Waals surface area contributed by atoms with Gasteiger partial charge in [-0.25, -0.2) is 0 Å². The van der Waals surface area contributed by atoms with Crippen LogP contribution in [-0.2, 0) is 11.2 Å². The van der Waals surface area contributed by atoms with E-state index >= 15 is 0 Å². The summed E-state index contributed by atoms with van der Waals surface area (Å²) in [5, 5.41) is 8.93. The van der Waals surface area contributed by atoms with Crippen molar-refractivity contribution in [2.24, 2.45) is 5.92 Å². The predicted octanol–water partition coefficient (Wildman–Crippen LogP) is 6.50. The average molecular weight is 361 g/mol. The third-order valence-corrected chi connectivity index (χ3v) is 5.46. The van der Waals surface area contributed by atoms with Gasteiger partial charge in [0.25, 0.3) is 0 Å². The Kier molecular flexibility index (Phi) is 14.1. The van der Waals surface area contributed by atoms with Gasteiger partial charge in [-0.15, -0.1) is 0 Å². The summed E-state index contributed by atoms with van der Waals surface area (Å²) in [6.45, 7) is 1.75. The van der Waals surface area contributed by atoms with Crippen molar-refractivity contribution in [2.45, 2.75) is 96.8 Å². The highest BCUT2D eigenvalue weighted by Crippen LogP contribution is 2.17. The number of ketones is 1. The molecule has 0 heterocycles. The van der Waals surface area contributed by atoms with E-state index in [-0.39, 0.29) is 18.3 Å². The van der Waals surface area contributed by atoms with Crippen LogP contribution < -0.4 is 0 Å². The smallest absolute Gasteiger partial charge is 0.161 e. The topological polar surface area (TPSA) is 37.3 Å². The molecular weight excluding hydrogens is 320 g/mol. The van der Waals surface area contributed by atoms with Crippen LogP contribution in [0.1, 0.15) is 96.0 Å². The molecule has 0 amide bonds. The Hall–Kier alpha value is -1.15. The van der Waals surface area contributed by atoms with Gasteiger partial charge in [0.1, 0.15) is 6.61 Å². The van der Waals surface area contributed by atoms with Gasteiger partial charge in [0, 0.05) is 5.92 Å². The van der Waals surface area contributed by atoms with Gasteiger partial charge in [-0.05, 0) is 31.2 Å². The summed E-state index contributed by atoms with van der Waals surface area (Å²) < 4.78 is 0. The number of carbonyl (C=O) groups is 1. The third-order valence-electron chi connectivity index (χ3n) is 5.46. The van der Waals surface area contributed by atoms with E-state index in [9.17, 15) is 4.79 Å². The zero-order valence-corrected chi connectivity index (χ0v) is 16.9. The van der Waals surface area contributed by atoms with Crippen LogP contribution in [0.5, 0.6) is 0 Å². The van der Waals surface area contributed by atoms with Crippen molar-refractivity contribution < 1.29 is 9.90 Å². The standard InChI is InChI=1S/C24H40O2/c1-2-23(24(26)21-25)20-16-11-9-7-5-3-4-6-8-10-13-17-22-18-14-12-15-19-22/h12,14-15,18-19,23,25H,2-11,13,16-17,20-21H2,1H3. The first-order chi connectivity index (χ1) is 12.8. The first-order valence-electron chi connectivity index (χ1n) is 11.0. The molecule has 1 unspecified atom stereocenters. The van der Waals surface area contributed by atoms with E-state index in [4.69, 9.17) is 5.11 Å². The van der Waals surface area contributed by atoms with Crippen LogP contribution in [0.15, 0.2) is 30.3 Å². The second-order valence-electron chi connectivity index (χ2n) is 7.64. The zero-order valence-electron chi connectivity index (χ0n) is 16.9. The Morgan fingerprint density at radius 2 is 1.31 bits per heavy atom. The molecule has 1 atom stereocenters. The monoisotopic (exact) mass is 360 g/mol. The molecule has 0 radical (unpaired) electrons. The molecule has 1 aromatic carbocycles. The fourth-order valence-corrected chi connectivity index (χ4v) is 3.68. The molecule has 0 aliphatic heterocycles. The Bertz CT molecular complexity index is 441. The van der Waals surface area contributed by atoms with Crippen LogP contribution in [0.3, 0.4) is 0 Å². The number of aryl methyl sites for hydroxylation is 1. The summed E-state index contributed by atoms with van der Waals surface area (Å²) in [5.74, 6) is 0.109. The van der Waals surface area contributed by atoms with Crippen LogP contribution >= 0.6 is 0 Å². The lowest BCUT2D eigenvalue weighted by atomic mass is 9.94. The molecule has 0 aliphatic rings. The zero-order chi connectivity index (χ0) is 18.9. The summed E-state index contributed by atoms with van der Waals surface area (Å²) in [6.07, 6.45) is 17.6. The number of aliphatic hydroxyl groups is 1. The molecule has 0 fully saturated rings. The van der Waals surface area contributed by atoms with E-state index in [2.05, 4.69) is 30.3 Å². The van der Waals surface area contributed by atoms with E-state index in [1.54, 1.807) is 0 Å². The molecule has 1 rings (SSSR count). The van der Waals surface area contributed by atoms with Gasteiger partial charge in [0.05, 0.1) is 0 Å². The van der Waals surface area contributed by atoms with Gasteiger partial charge in [0.2, 0.25) is 0 Å². The van der Waals surface area contributed by atoms with Gasteiger partial charge in [-0.1, -0.05) is 101 Å². The maximum atomic E-state index is 11.5. The quantitative estimate of drug-likeness (QED) is 0.322. The SMILES string of the molecule is CCC(CCCCCCCCCCCCCc1ccccc1)C(=O)CO. The fourth-order valence-electron chi connectivity index (χ4n) is 3.68. The fraction of sp³-hybridized carbons (Fsp3) is 0.708. The number of Topliss-reactive ketones (excluding diaryl/α,β-unsaturated/α-hetero) is 1. The molecule has 0 saturated carbocycles. The molecule has 0 bridgehead atoms. The first-order valence-corrected chi connectivity index (χ1v) is 11.0. The second-order valence-corrected chi connectivity index (χ2v) is 7.64. The molecule has 26 heavy (non-hydrogen) atoms.